The van der Waals surface area contributed by atoms with Crippen molar-refractivity contribution >= 4 is 11.4 Å². The molecule has 0 aromatic heterocycles. The van der Waals surface area contributed by atoms with Crippen LogP contribution in [0.4, 0.5) is 11.4 Å². The highest BCUT2D eigenvalue weighted by molar-refractivity contribution is 5.55. The van der Waals surface area contributed by atoms with E-state index in [1.807, 2.05) is 25.1 Å². The smallest absolute Gasteiger partial charge is 0.132 e. The minimum absolute atomic E-state index is 0.822. The number of hydrogen-bond donors (Lipinski definition) is 2. The predicted molar refractivity (Wildman–Crippen MR) is 38.1 cm³/mol. The molecule has 0 saturated heterocycles. The molecule has 1 aromatic rings. The summed E-state index contributed by atoms with van der Waals surface area (Å²) in [5.74, 6) is 0. The second-order valence-electron chi connectivity index (χ2n) is 2.13. The highest BCUT2D eigenvalue weighted by Crippen LogP contribution is 2.14. The first kappa shape index (κ1) is 6.11. The Morgan fingerprint density at radius 1 is 1.44 bits per heavy atom. The molecular formula is C7H11N2+. The molecular weight excluding hydrogens is 112 g/mol. The van der Waals surface area contributed by atoms with Crippen LogP contribution in [-0.2, 0) is 0 Å². The largest absolute Gasteiger partial charge is 0.398 e. The van der Waals surface area contributed by atoms with E-state index in [1.54, 1.807) is 0 Å². The van der Waals surface area contributed by atoms with Crippen LogP contribution in [0.2, 0.25) is 0 Å². The Balaban J connectivity index is 3.25. The fourth-order valence-corrected chi connectivity index (χ4v) is 0.703. The summed E-state index contributed by atoms with van der Waals surface area (Å²) in [7, 11) is 0. The van der Waals surface area contributed by atoms with Crippen LogP contribution in [0.5, 0.6) is 0 Å². The predicted octanol–water partition coefficient (Wildman–Crippen LogP) is 0.451. The fraction of sp³-hybridized carbons (Fsp3) is 0.143. The normalized spacial score (nSPS) is 9.56. The molecule has 2 heteroatoms. The maximum absolute atomic E-state index is 5.58. The van der Waals surface area contributed by atoms with Crippen LogP contribution in [0, 0.1) is 6.92 Å². The number of anilines is 1. The topological polar surface area (TPSA) is 53.7 Å². The molecule has 0 saturated carbocycles. The van der Waals surface area contributed by atoms with E-state index < -0.39 is 0 Å². The van der Waals surface area contributed by atoms with E-state index in [9.17, 15) is 0 Å². The number of rotatable bonds is 0. The molecule has 0 aliphatic heterocycles. The number of nitrogens with two attached hydrogens (primary N) is 1. The van der Waals surface area contributed by atoms with Gasteiger partial charge >= 0.3 is 0 Å². The van der Waals surface area contributed by atoms with Crippen molar-refractivity contribution in [2.75, 3.05) is 5.73 Å². The molecule has 1 rings (SSSR count). The lowest BCUT2D eigenvalue weighted by molar-refractivity contribution is -0.255. The number of hydrogen-bond acceptors (Lipinski definition) is 1. The molecule has 0 aliphatic carbocycles. The molecule has 0 aliphatic rings. The van der Waals surface area contributed by atoms with Crippen molar-refractivity contribution in [2.45, 2.75) is 6.92 Å². The van der Waals surface area contributed by atoms with Gasteiger partial charge in [-0.25, -0.2) is 0 Å². The third kappa shape index (κ3) is 1.03. The minimum atomic E-state index is 0.822. The summed E-state index contributed by atoms with van der Waals surface area (Å²) in [4.78, 5) is 0. The summed E-state index contributed by atoms with van der Waals surface area (Å²) in [5.41, 5.74) is 12.3. The van der Waals surface area contributed by atoms with E-state index in [0.29, 0.717) is 0 Å². The fourth-order valence-electron chi connectivity index (χ4n) is 0.703. The van der Waals surface area contributed by atoms with Gasteiger partial charge in [0.15, 0.2) is 0 Å². The van der Waals surface area contributed by atoms with Crippen molar-refractivity contribution in [3.8, 4) is 0 Å². The van der Waals surface area contributed by atoms with Gasteiger partial charge in [-0.05, 0) is 19.1 Å². The van der Waals surface area contributed by atoms with Crippen molar-refractivity contribution in [1.29, 1.82) is 0 Å². The van der Waals surface area contributed by atoms with Gasteiger partial charge in [0.1, 0.15) is 5.69 Å². The van der Waals surface area contributed by atoms with Gasteiger partial charge in [0, 0.05) is 11.3 Å². The Kier molecular flexibility index (Phi) is 1.40. The van der Waals surface area contributed by atoms with E-state index >= 15 is 0 Å². The van der Waals surface area contributed by atoms with E-state index in [0.717, 1.165) is 16.9 Å². The first-order valence-corrected chi connectivity index (χ1v) is 2.89. The SMILES string of the molecule is Cc1c(N)cccc1[NH3+]. The Hall–Kier alpha value is -1.02. The minimum Gasteiger partial charge on any atom is -0.398 e. The molecule has 1 aromatic carbocycles. The van der Waals surface area contributed by atoms with E-state index in [1.165, 1.54) is 0 Å². The molecule has 48 valence electrons. The summed E-state index contributed by atoms with van der Waals surface area (Å²) < 4.78 is 0. The molecule has 5 N–H and O–H groups in total. The van der Waals surface area contributed by atoms with E-state index in [2.05, 4.69) is 5.73 Å². The second kappa shape index (κ2) is 2.07. The summed E-state index contributed by atoms with van der Waals surface area (Å²) in [6.45, 7) is 1.97. The average Bonchev–Trinajstić information content (AvgIpc) is 1.83. The summed E-state index contributed by atoms with van der Waals surface area (Å²) in [5, 5.41) is 0. The van der Waals surface area contributed by atoms with Crippen molar-refractivity contribution in [1.82, 2.24) is 0 Å². The van der Waals surface area contributed by atoms with Gasteiger partial charge in [-0.3, -0.25) is 0 Å². The molecule has 9 heavy (non-hydrogen) atoms. The third-order valence-electron chi connectivity index (χ3n) is 1.49. The maximum Gasteiger partial charge on any atom is 0.132 e. The van der Waals surface area contributed by atoms with E-state index in [-0.39, 0.29) is 0 Å². The summed E-state index contributed by atoms with van der Waals surface area (Å²) >= 11 is 0. The average molecular weight is 123 g/mol. The van der Waals surface area contributed by atoms with Gasteiger partial charge < -0.3 is 11.5 Å². The van der Waals surface area contributed by atoms with Crippen LogP contribution >= 0.6 is 0 Å². The molecule has 0 spiro atoms. The van der Waals surface area contributed by atoms with Crippen LogP contribution < -0.4 is 11.5 Å². The highest BCUT2D eigenvalue weighted by atomic mass is 14.6. The van der Waals surface area contributed by atoms with Crippen LogP contribution in [0.25, 0.3) is 0 Å². The molecule has 0 heterocycles. The number of benzene rings is 1. The quantitative estimate of drug-likeness (QED) is 0.483. The molecule has 0 fully saturated rings. The van der Waals surface area contributed by atoms with Crippen LogP contribution in [-0.4, -0.2) is 0 Å². The monoisotopic (exact) mass is 123 g/mol. The first-order valence-electron chi connectivity index (χ1n) is 2.89. The van der Waals surface area contributed by atoms with Gasteiger partial charge in [-0.1, -0.05) is 6.07 Å². The van der Waals surface area contributed by atoms with E-state index in [4.69, 9.17) is 5.73 Å². The van der Waals surface area contributed by atoms with Gasteiger partial charge in [-0.15, -0.1) is 0 Å². The zero-order chi connectivity index (χ0) is 6.85. The van der Waals surface area contributed by atoms with Crippen molar-refractivity contribution in [3.05, 3.63) is 23.8 Å². The maximum atomic E-state index is 5.58. The summed E-state index contributed by atoms with van der Waals surface area (Å²) in [6, 6.07) is 5.74. The van der Waals surface area contributed by atoms with Crippen molar-refractivity contribution in [2.24, 2.45) is 0 Å². The van der Waals surface area contributed by atoms with Gasteiger partial charge in [0.2, 0.25) is 0 Å². The molecule has 0 radical (unpaired) electrons. The zero-order valence-electron chi connectivity index (χ0n) is 5.52. The first-order chi connectivity index (χ1) is 4.22. The molecule has 2 nitrogen and oxygen atoms in total. The zero-order valence-corrected chi connectivity index (χ0v) is 5.52. The standard InChI is InChI=1S/C7H10N2/c1-5-6(8)3-2-4-7(5)9/h2-4H,8-9H2,1H3/p+1. The highest BCUT2D eigenvalue weighted by Gasteiger charge is 1.97. The molecule has 0 bridgehead atoms. The molecule has 0 amide bonds. The Morgan fingerprint density at radius 2 is 2.11 bits per heavy atom. The number of quaternary nitrogens is 1. The Labute approximate surface area is 54.5 Å². The number of nitrogen functional groups attached to an aromatic ring is 1. The summed E-state index contributed by atoms with van der Waals surface area (Å²) in [6.07, 6.45) is 0. The van der Waals surface area contributed by atoms with Crippen LogP contribution in [0.15, 0.2) is 18.2 Å². The van der Waals surface area contributed by atoms with Gasteiger partial charge in [0.05, 0.1) is 0 Å². The Bertz CT molecular complexity index is 198. The van der Waals surface area contributed by atoms with Crippen LogP contribution in [0.1, 0.15) is 5.56 Å². The lowest BCUT2D eigenvalue weighted by Gasteiger charge is -1.97. The second-order valence-corrected chi connectivity index (χ2v) is 2.13. The molecule has 0 atom stereocenters. The van der Waals surface area contributed by atoms with Crippen molar-refractivity contribution in [3.63, 3.8) is 0 Å². The van der Waals surface area contributed by atoms with Crippen molar-refractivity contribution < 1.29 is 5.73 Å². The van der Waals surface area contributed by atoms with Gasteiger partial charge in [-0.2, -0.15) is 0 Å². The Morgan fingerprint density at radius 3 is 2.56 bits per heavy atom. The van der Waals surface area contributed by atoms with Crippen LogP contribution in [0.3, 0.4) is 0 Å². The van der Waals surface area contributed by atoms with Gasteiger partial charge in [0.25, 0.3) is 0 Å². The molecule has 0 unspecified atom stereocenters. The third-order valence-corrected chi connectivity index (χ3v) is 1.49. The lowest BCUT2D eigenvalue weighted by Crippen LogP contribution is -2.41. The lowest BCUT2D eigenvalue weighted by atomic mass is 10.2.